The average Bonchev–Trinajstić information content (AvgIpc) is 3.13. The van der Waals surface area contributed by atoms with E-state index in [1.165, 1.54) is 12.1 Å². The van der Waals surface area contributed by atoms with Gasteiger partial charge in [0.2, 0.25) is 0 Å². The van der Waals surface area contributed by atoms with Crippen LogP contribution in [0.3, 0.4) is 0 Å². The summed E-state index contributed by atoms with van der Waals surface area (Å²) < 4.78 is 45.8. The van der Waals surface area contributed by atoms with Crippen LogP contribution >= 0.6 is 11.6 Å². The zero-order valence-electron chi connectivity index (χ0n) is 15.6. The number of benzene rings is 2. The molecule has 0 aliphatic heterocycles. The first-order chi connectivity index (χ1) is 13.7. The van der Waals surface area contributed by atoms with Gasteiger partial charge in [-0.15, -0.1) is 0 Å². The van der Waals surface area contributed by atoms with Gasteiger partial charge in [-0.25, -0.2) is 0 Å². The molecule has 1 aliphatic rings. The lowest BCUT2D eigenvalue weighted by Gasteiger charge is -2.15. The van der Waals surface area contributed by atoms with Crippen LogP contribution in [0.25, 0.3) is 5.57 Å². The predicted molar refractivity (Wildman–Crippen MR) is 105 cm³/mol. The minimum atomic E-state index is -4.58. The van der Waals surface area contributed by atoms with E-state index in [1.54, 1.807) is 0 Å². The first kappa shape index (κ1) is 21.2. The molecular weight excluding hydrogens is 405 g/mol. The van der Waals surface area contributed by atoms with Crippen LogP contribution in [0.1, 0.15) is 42.4 Å². The Morgan fingerprint density at radius 1 is 1.10 bits per heavy atom. The van der Waals surface area contributed by atoms with E-state index in [1.807, 2.05) is 24.3 Å². The van der Waals surface area contributed by atoms with E-state index in [-0.39, 0.29) is 30.8 Å². The summed E-state index contributed by atoms with van der Waals surface area (Å²) in [7, 11) is 0. The number of carboxylic acids is 1. The molecule has 0 atom stereocenters. The van der Waals surface area contributed by atoms with Crippen molar-refractivity contribution in [2.24, 2.45) is 0 Å². The lowest BCUT2D eigenvalue weighted by atomic mass is 10.0. The smallest absolute Gasteiger partial charge is 0.416 e. The van der Waals surface area contributed by atoms with Gasteiger partial charge >= 0.3 is 12.1 Å². The molecule has 0 saturated carbocycles. The molecule has 0 bridgehead atoms. The molecule has 1 N–H and O–H groups in total. The van der Waals surface area contributed by atoms with Crippen LogP contribution in [0, 0.1) is 0 Å². The molecule has 0 amide bonds. The average molecular weight is 425 g/mol. The van der Waals surface area contributed by atoms with Crippen molar-refractivity contribution in [3.05, 3.63) is 69.8 Å². The zero-order chi connectivity index (χ0) is 21.0. The number of carbonyl (C=O) groups is 1. The highest BCUT2D eigenvalue weighted by Gasteiger charge is 2.33. The predicted octanol–water partition coefficient (Wildman–Crippen LogP) is 6.39. The molecule has 2 aromatic rings. The topological polar surface area (TPSA) is 46.5 Å². The number of aryl methyl sites for hydroxylation is 1. The van der Waals surface area contributed by atoms with Crippen molar-refractivity contribution in [3.8, 4) is 5.75 Å². The maximum atomic E-state index is 13.4. The number of rotatable bonds is 7. The van der Waals surface area contributed by atoms with Crippen molar-refractivity contribution < 1.29 is 27.8 Å². The Hall–Kier alpha value is -2.47. The number of carboxylic acid groups (broad SMARTS) is 1. The molecule has 2 aromatic carbocycles. The summed E-state index contributed by atoms with van der Waals surface area (Å²) in [5.74, 6) is -1.02. The van der Waals surface area contributed by atoms with Crippen molar-refractivity contribution in [3.63, 3.8) is 0 Å². The van der Waals surface area contributed by atoms with Gasteiger partial charge in [-0.05, 0) is 72.2 Å². The van der Waals surface area contributed by atoms with Crippen LogP contribution in [0.15, 0.2) is 48.0 Å². The number of hydrogen-bond acceptors (Lipinski definition) is 2. The van der Waals surface area contributed by atoms with E-state index in [2.05, 4.69) is 0 Å². The van der Waals surface area contributed by atoms with Crippen molar-refractivity contribution in [1.29, 1.82) is 0 Å². The summed E-state index contributed by atoms with van der Waals surface area (Å²) in [5, 5.41) is 9.39. The number of aliphatic carboxylic acids is 1. The Morgan fingerprint density at radius 2 is 1.83 bits per heavy atom. The summed E-state index contributed by atoms with van der Waals surface area (Å²) in [6, 6.07) is 11.2. The lowest BCUT2D eigenvalue weighted by molar-refractivity contribution is -0.140. The third kappa shape index (κ3) is 5.54. The van der Waals surface area contributed by atoms with Crippen molar-refractivity contribution in [1.82, 2.24) is 0 Å². The molecule has 154 valence electrons. The van der Waals surface area contributed by atoms with Gasteiger partial charge in [0, 0.05) is 11.4 Å². The van der Waals surface area contributed by atoms with E-state index >= 15 is 0 Å². The number of ether oxygens (including phenoxy) is 1. The van der Waals surface area contributed by atoms with Gasteiger partial charge in [-0.3, -0.25) is 4.79 Å². The zero-order valence-corrected chi connectivity index (χ0v) is 16.3. The van der Waals surface area contributed by atoms with Gasteiger partial charge in [-0.1, -0.05) is 29.8 Å². The van der Waals surface area contributed by atoms with Gasteiger partial charge in [0.05, 0.1) is 5.56 Å². The van der Waals surface area contributed by atoms with E-state index < -0.39 is 17.7 Å². The standard InChI is InChI=1S/C22H20ClF3O3/c23-17-8-4-14(5-9-17)19-3-1-2-16(19)13-29-18-10-6-15(7-11-21(27)28)20(12-18)22(24,25)26/h4-6,8-10,12H,1-3,7,11,13H2,(H,27,28). The fourth-order valence-electron chi connectivity index (χ4n) is 3.50. The Morgan fingerprint density at radius 3 is 2.48 bits per heavy atom. The second-order valence-corrected chi connectivity index (χ2v) is 7.38. The summed E-state index contributed by atoms with van der Waals surface area (Å²) in [5.41, 5.74) is 2.36. The summed E-state index contributed by atoms with van der Waals surface area (Å²) >= 11 is 5.93. The van der Waals surface area contributed by atoms with Crippen LogP contribution < -0.4 is 4.74 Å². The molecule has 0 radical (unpaired) electrons. The van der Waals surface area contributed by atoms with Gasteiger partial charge in [0.25, 0.3) is 0 Å². The highest BCUT2D eigenvalue weighted by atomic mass is 35.5. The summed E-state index contributed by atoms with van der Waals surface area (Å²) in [4.78, 5) is 10.7. The van der Waals surface area contributed by atoms with E-state index in [9.17, 15) is 18.0 Å². The largest absolute Gasteiger partial charge is 0.489 e. The van der Waals surface area contributed by atoms with Crippen LogP contribution in [-0.4, -0.2) is 17.7 Å². The maximum absolute atomic E-state index is 13.4. The van der Waals surface area contributed by atoms with E-state index in [4.69, 9.17) is 21.4 Å². The maximum Gasteiger partial charge on any atom is 0.416 e. The summed E-state index contributed by atoms with van der Waals surface area (Å²) in [6.45, 7) is 0.212. The van der Waals surface area contributed by atoms with Gasteiger partial charge in [0.15, 0.2) is 0 Å². The SMILES string of the molecule is O=C(O)CCc1ccc(OCC2=C(c3ccc(Cl)cc3)CCC2)cc1C(F)(F)F. The monoisotopic (exact) mass is 424 g/mol. The molecule has 0 spiro atoms. The van der Waals surface area contributed by atoms with E-state index in [0.717, 1.165) is 42.0 Å². The number of hydrogen-bond donors (Lipinski definition) is 1. The van der Waals surface area contributed by atoms with Crippen LogP contribution in [0.5, 0.6) is 5.75 Å². The second kappa shape index (κ2) is 8.91. The van der Waals surface area contributed by atoms with Crippen LogP contribution in [0.4, 0.5) is 13.2 Å². The quantitative estimate of drug-likeness (QED) is 0.560. The summed E-state index contributed by atoms with van der Waals surface area (Å²) in [6.07, 6.45) is -2.42. The minimum Gasteiger partial charge on any atom is -0.489 e. The Balaban J connectivity index is 1.78. The highest BCUT2D eigenvalue weighted by Crippen LogP contribution is 2.37. The molecule has 3 nitrogen and oxygen atoms in total. The Labute approximate surface area is 171 Å². The highest BCUT2D eigenvalue weighted by molar-refractivity contribution is 6.30. The van der Waals surface area contributed by atoms with Crippen LogP contribution in [0.2, 0.25) is 5.02 Å². The molecular formula is C22H20ClF3O3. The lowest BCUT2D eigenvalue weighted by Crippen LogP contribution is -2.11. The van der Waals surface area contributed by atoms with Gasteiger partial charge in [0.1, 0.15) is 12.4 Å². The number of alkyl halides is 3. The van der Waals surface area contributed by atoms with Gasteiger partial charge in [-0.2, -0.15) is 13.2 Å². The third-order valence-electron chi connectivity index (χ3n) is 4.93. The van der Waals surface area contributed by atoms with Crippen LogP contribution in [-0.2, 0) is 17.4 Å². The number of allylic oxidation sites excluding steroid dienone is 1. The Bertz CT molecular complexity index is 918. The van der Waals surface area contributed by atoms with Crippen molar-refractivity contribution >= 4 is 23.1 Å². The normalized spacial score (nSPS) is 14.3. The van der Waals surface area contributed by atoms with Crippen molar-refractivity contribution in [2.45, 2.75) is 38.3 Å². The van der Waals surface area contributed by atoms with Crippen molar-refractivity contribution in [2.75, 3.05) is 6.61 Å². The molecule has 1 aliphatic carbocycles. The molecule has 3 rings (SSSR count). The first-order valence-electron chi connectivity index (χ1n) is 9.25. The minimum absolute atomic E-state index is 0.0471. The molecule has 0 unspecified atom stereocenters. The molecule has 29 heavy (non-hydrogen) atoms. The van der Waals surface area contributed by atoms with Gasteiger partial charge < -0.3 is 9.84 Å². The molecule has 7 heteroatoms. The third-order valence-corrected chi connectivity index (χ3v) is 5.18. The molecule has 0 fully saturated rings. The molecule has 0 aromatic heterocycles. The van der Waals surface area contributed by atoms with E-state index in [0.29, 0.717) is 5.02 Å². The fourth-order valence-corrected chi connectivity index (χ4v) is 3.63. The number of halogens is 4. The molecule has 0 saturated heterocycles. The second-order valence-electron chi connectivity index (χ2n) is 6.94. The molecule has 0 heterocycles. The Kier molecular flexibility index (Phi) is 6.52. The fraction of sp³-hybridized carbons (Fsp3) is 0.318. The first-order valence-corrected chi connectivity index (χ1v) is 9.63.